The molecule has 14 heteroatoms. The maximum Gasteiger partial charge on any atom is 0.316 e. The summed E-state index contributed by atoms with van der Waals surface area (Å²) in [5.41, 5.74) is 0.137. The van der Waals surface area contributed by atoms with Crippen LogP contribution in [0.15, 0.2) is 59.3 Å². The average molecular weight is 887 g/mol. The maximum absolute atomic E-state index is 14.4. The second-order valence-electron chi connectivity index (χ2n) is 19.3. The summed E-state index contributed by atoms with van der Waals surface area (Å²) >= 11 is 0. The summed E-state index contributed by atoms with van der Waals surface area (Å²) in [6.07, 6.45) is 9.69. The summed E-state index contributed by atoms with van der Waals surface area (Å²) in [6, 6.07) is 0. The highest BCUT2D eigenvalue weighted by atomic mass is 16.7. The summed E-state index contributed by atoms with van der Waals surface area (Å²) in [4.78, 5) is 14.4. The molecule has 0 aromatic heterocycles. The molecular weight excluding hydrogens is 813 g/mol. The summed E-state index contributed by atoms with van der Waals surface area (Å²) in [5.74, 6) is -2.55. The first kappa shape index (κ1) is 48.6. The molecule has 0 aromatic carbocycles. The van der Waals surface area contributed by atoms with Crippen molar-refractivity contribution in [1.29, 1.82) is 0 Å². The molecule has 63 heavy (non-hydrogen) atoms. The molecule has 4 fully saturated rings. The molecule has 3 N–H and O–H groups in total. The number of esters is 1. The minimum atomic E-state index is -1.84. The number of hydrogen-bond donors (Lipinski definition) is 3. The van der Waals surface area contributed by atoms with Gasteiger partial charge in [0.25, 0.3) is 0 Å². The normalized spacial score (nSPS) is 47.7. The second-order valence-corrected chi connectivity index (χ2v) is 19.3. The molecule has 0 aromatic rings. The van der Waals surface area contributed by atoms with Gasteiger partial charge in [0.15, 0.2) is 18.4 Å². The van der Waals surface area contributed by atoms with Gasteiger partial charge in [-0.1, -0.05) is 70.6 Å². The molecule has 4 saturated heterocycles. The molecule has 7 aliphatic rings. The van der Waals surface area contributed by atoms with Gasteiger partial charge < -0.3 is 62.7 Å². The zero-order chi connectivity index (χ0) is 45.4. The molecule has 14 nitrogen and oxygen atoms in total. The van der Waals surface area contributed by atoms with Crippen LogP contribution in [-0.2, 0) is 52.2 Å². The third-order valence-corrected chi connectivity index (χ3v) is 14.6. The standard InChI is InChI=1S/C49H74O14/c1-11-13-26(2)44-29(5)18-19-48(63-44)24-35-21-34(62-48)17-16-28(4)43(27(3)14-12-15-33-25-56-46-41(50)30(6)20-36(47(52)59-35)49(33,46)53)60-40-23-38(55-10)45(32(8)58-40)61-39-22-37(54-9)42(51)31(7)57-39/h12,14-16,18-20,26-27,29,31-32,34-46,50-51,53H,11,13,17,21-25H2,1-10H3/b14-12-,28-16-,33-15?/t26?,27-,29-,31-,32-,34+,35-,36-,37-,38-,39-,40-,41+,42-,43-,44?,45-,46+,48+,49+/m0/s1. The predicted octanol–water partition coefficient (Wildman–Crippen LogP) is 5.77. The van der Waals surface area contributed by atoms with E-state index in [0.717, 1.165) is 18.4 Å². The van der Waals surface area contributed by atoms with Crippen LogP contribution >= 0.6 is 0 Å². The summed E-state index contributed by atoms with van der Waals surface area (Å²) < 4.78 is 63.8. The first-order chi connectivity index (χ1) is 30.0. The van der Waals surface area contributed by atoms with Crippen LogP contribution in [0.5, 0.6) is 0 Å². The lowest BCUT2D eigenvalue weighted by Gasteiger charge is -2.48. The number of aliphatic hydroxyl groups excluding tert-OH is 2. The quantitative estimate of drug-likeness (QED) is 0.189. The number of fused-ring (bicyclic) bond motifs is 2. The Hall–Kier alpha value is -2.31. The zero-order valence-corrected chi connectivity index (χ0v) is 38.9. The van der Waals surface area contributed by atoms with E-state index in [1.54, 1.807) is 40.2 Å². The van der Waals surface area contributed by atoms with Crippen LogP contribution in [0.4, 0.5) is 0 Å². The third-order valence-electron chi connectivity index (χ3n) is 14.6. The van der Waals surface area contributed by atoms with Crippen LogP contribution < -0.4 is 0 Å². The molecule has 7 rings (SSSR count). The van der Waals surface area contributed by atoms with Crippen molar-refractivity contribution in [1.82, 2.24) is 0 Å². The third kappa shape index (κ3) is 10.2. The highest BCUT2D eigenvalue weighted by molar-refractivity contribution is 5.78. The average Bonchev–Trinajstić information content (AvgIpc) is 3.59. The van der Waals surface area contributed by atoms with E-state index in [1.807, 2.05) is 32.1 Å². The van der Waals surface area contributed by atoms with Crippen molar-refractivity contribution in [3.8, 4) is 0 Å². The number of aliphatic hydroxyl groups is 3. The van der Waals surface area contributed by atoms with Gasteiger partial charge in [-0.3, -0.25) is 4.79 Å². The van der Waals surface area contributed by atoms with Crippen LogP contribution in [0, 0.1) is 23.7 Å². The minimum absolute atomic E-state index is 0.0320. The second kappa shape index (κ2) is 20.3. The first-order valence-electron chi connectivity index (χ1n) is 23.4. The zero-order valence-electron chi connectivity index (χ0n) is 38.9. The van der Waals surface area contributed by atoms with Gasteiger partial charge in [0.1, 0.15) is 42.0 Å². The van der Waals surface area contributed by atoms with E-state index in [4.69, 9.17) is 47.4 Å². The Morgan fingerprint density at radius 2 is 1.60 bits per heavy atom. The van der Waals surface area contributed by atoms with E-state index in [9.17, 15) is 20.1 Å². The van der Waals surface area contributed by atoms with E-state index in [-0.39, 0.29) is 42.7 Å². The van der Waals surface area contributed by atoms with Crippen LogP contribution in [0.2, 0.25) is 0 Å². The number of rotatable bonds is 9. The number of methoxy groups -OCH3 is 2. The van der Waals surface area contributed by atoms with E-state index in [2.05, 4.69) is 39.8 Å². The van der Waals surface area contributed by atoms with Gasteiger partial charge in [-0.05, 0) is 69.2 Å². The minimum Gasteiger partial charge on any atom is -0.462 e. The Balaban J connectivity index is 1.18. The molecule has 1 aliphatic carbocycles. The molecule has 2 bridgehead atoms. The summed E-state index contributed by atoms with van der Waals surface area (Å²) in [5, 5.41) is 34.3. The van der Waals surface area contributed by atoms with Crippen LogP contribution in [-0.4, -0.2) is 139 Å². The van der Waals surface area contributed by atoms with E-state index >= 15 is 0 Å². The van der Waals surface area contributed by atoms with Crippen molar-refractivity contribution in [2.75, 3.05) is 20.8 Å². The van der Waals surface area contributed by atoms with Crippen molar-refractivity contribution in [3.63, 3.8) is 0 Å². The Bertz CT molecular complexity index is 1740. The van der Waals surface area contributed by atoms with Crippen molar-refractivity contribution in [3.05, 3.63) is 59.3 Å². The first-order valence-corrected chi connectivity index (χ1v) is 23.4. The van der Waals surface area contributed by atoms with Crippen LogP contribution in [0.25, 0.3) is 0 Å². The fourth-order valence-electron chi connectivity index (χ4n) is 10.9. The lowest BCUT2D eigenvalue weighted by atomic mass is 9.71. The topological polar surface area (TPSA) is 170 Å². The highest BCUT2D eigenvalue weighted by Gasteiger charge is 2.60. The summed E-state index contributed by atoms with van der Waals surface area (Å²) in [6.45, 7) is 16.2. The molecule has 1 spiro atoms. The van der Waals surface area contributed by atoms with Crippen LogP contribution in [0.3, 0.4) is 0 Å². The van der Waals surface area contributed by atoms with Gasteiger partial charge in [0.05, 0.1) is 49.3 Å². The Morgan fingerprint density at radius 3 is 2.33 bits per heavy atom. The molecule has 6 heterocycles. The van der Waals surface area contributed by atoms with Crippen molar-refractivity contribution >= 4 is 5.97 Å². The molecule has 354 valence electrons. The van der Waals surface area contributed by atoms with E-state index < -0.39 is 90.8 Å². The van der Waals surface area contributed by atoms with Crippen molar-refractivity contribution in [2.45, 2.75) is 198 Å². The summed E-state index contributed by atoms with van der Waals surface area (Å²) in [7, 11) is 3.22. The largest absolute Gasteiger partial charge is 0.462 e. The van der Waals surface area contributed by atoms with Crippen LogP contribution in [0.1, 0.15) is 100 Å². The van der Waals surface area contributed by atoms with E-state index in [1.165, 1.54) is 0 Å². The van der Waals surface area contributed by atoms with Gasteiger partial charge >= 0.3 is 5.97 Å². The number of allylic oxidation sites excluding steroid dienone is 2. The smallest absolute Gasteiger partial charge is 0.316 e. The monoisotopic (exact) mass is 887 g/mol. The lowest BCUT2D eigenvalue weighted by Crippen LogP contribution is -2.58. The molecule has 0 amide bonds. The predicted molar refractivity (Wildman–Crippen MR) is 232 cm³/mol. The van der Waals surface area contributed by atoms with Crippen molar-refractivity contribution < 1.29 is 67.5 Å². The number of hydrogen-bond acceptors (Lipinski definition) is 14. The van der Waals surface area contributed by atoms with Gasteiger partial charge in [-0.25, -0.2) is 0 Å². The fourth-order valence-corrected chi connectivity index (χ4v) is 10.9. The molecule has 2 unspecified atom stereocenters. The Kier molecular flexibility index (Phi) is 15.7. The van der Waals surface area contributed by atoms with Gasteiger partial charge in [0.2, 0.25) is 0 Å². The highest BCUT2D eigenvalue weighted by Crippen LogP contribution is 2.47. The van der Waals surface area contributed by atoms with Gasteiger partial charge in [0, 0.05) is 51.7 Å². The SMILES string of the molecule is CCCC(C)C1O[C@]2(C=C[C@@H]1C)C[C@@H]1C[C@@H](C/C=C(/C)[C@@H](O[C@H]3C[C@H](OC)[C@@H](O[C@H]4C[C@H](OC)[C@@H](O)[C@H](C)O4)[C@H](C)O3)[C@@H](C)/C=C\C=C3CO[C@@H]4[C@H](O)C(C)=C[C@@H](C(=O)O1)[C@]34O)O2. The fraction of sp³-hybridized carbons (Fsp3) is 0.776. The number of carbonyl (C=O) groups is 1. The molecule has 20 atom stereocenters. The maximum atomic E-state index is 14.4. The molecule has 0 radical (unpaired) electrons. The molecule has 6 aliphatic heterocycles. The van der Waals surface area contributed by atoms with Gasteiger partial charge in [-0.15, -0.1) is 0 Å². The lowest BCUT2D eigenvalue weighted by molar-refractivity contribution is -0.318. The van der Waals surface area contributed by atoms with Crippen molar-refractivity contribution in [2.24, 2.45) is 23.7 Å². The number of carbonyl (C=O) groups excluding carboxylic acids is 1. The Labute approximate surface area is 373 Å². The molecule has 0 saturated carbocycles. The van der Waals surface area contributed by atoms with Gasteiger partial charge in [-0.2, -0.15) is 0 Å². The Morgan fingerprint density at radius 1 is 0.889 bits per heavy atom. The number of ether oxygens (including phenoxy) is 10. The molecular formula is C49H74O14. The van der Waals surface area contributed by atoms with E-state index in [0.29, 0.717) is 43.3 Å².